The molecule has 19 heavy (non-hydrogen) atoms. The van der Waals surface area contributed by atoms with Crippen molar-refractivity contribution in [2.45, 2.75) is 19.9 Å². The molecule has 1 aliphatic heterocycles. The van der Waals surface area contributed by atoms with Crippen LogP contribution in [-0.4, -0.2) is 43.0 Å². The third-order valence-electron chi connectivity index (χ3n) is 3.28. The SMILES string of the molecule is Cc1ccc(NC(=O)CN2CCNC(C)C2)cc1Cl. The van der Waals surface area contributed by atoms with Crippen LogP contribution in [-0.2, 0) is 4.79 Å². The Labute approximate surface area is 119 Å². The molecule has 0 aliphatic carbocycles. The van der Waals surface area contributed by atoms with E-state index in [4.69, 9.17) is 11.6 Å². The average Bonchev–Trinajstić information content (AvgIpc) is 2.34. The van der Waals surface area contributed by atoms with Crippen LogP contribution in [0.1, 0.15) is 12.5 Å². The smallest absolute Gasteiger partial charge is 0.238 e. The number of hydrogen-bond acceptors (Lipinski definition) is 3. The average molecular weight is 282 g/mol. The zero-order valence-electron chi connectivity index (χ0n) is 11.4. The number of carbonyl (C=O) groups is 1. The van der Waals surface area contributed by atoms with Gasteiger partial charge in [0.25, 0.3) is 0 Å². The molecule has 1 heterocycles. The van der Waals surface area contributed by atoms with Crippen LogP contribution < -0.4 is 10.6 Å². The third kappa shape index (κ3) is 4.20. The summed E-state index contributed by atoms with van der Waals surface area (Å²) < 4.78 is 0. The van der Waals surface area contributed by atoms with Crippen LogP contribution in [0.25, 0.3) is 0 Å². The molecule has 1 aromatic carbocycles. The summed E-state index contributed by atoms with van der Waals surface area (Å²) in [5, 5.41) is 6.92. The van der Waals surface area contributed by atoms with Gasteiger partial charge in [0.1, 0.15) is 0 Å². The predicted molar refractivity (Wildman–Crippen MR) is 78.7 cm³/mol. The number of nitrogens with one attached hydrogen (secondary N) is 2. The largest absolute Gasteiger partial charge is 0.325 e. The molecular weight excluding hydrogens is 262 g/mol. The van der Waals surface area contributed by atoms with Gasteiger partial charge in [0.15, 0.2) is 0 Å². The number of hydrogen-bond donors (Lipinski definition) is 2. The Balaban J connectivity index is 1.88. The van der Waals surface area contributed by atoms with Crippen LogP contribution in [0.15, 0.2) is 18.2 Å². The van der Waals surface area contributed by atoms with Crippen molar-refractivity contribution in [1.82, 2.24) is 10.2 Å². The van der Waals surface area contributed by atoms with Crippen molar-refractivity contribution >= 4 is 23.2 Å². The molecule has 1 amide bonds. The van der Waals surface area contributed by atoms with Crippen molar-refractivity contribution in [3.63, 3.8) is 0 Å². The molecule has 0 bridgehead atoms. The number of aryl methyl sites for hydroxylation is 1. The highest BCUT2D eigenvalue weighted by Crippen LogP contribution is 2.19. The fourth-order valence-electron chi connectivity index (χ4n) is 2.23. The van der Waals surface area contributed by atoms with E-state index >= 15 is 0 Å². The number of anilines is 1. The third-order valence-corrected chi connectivity index (χ3v) is 3.68. The fourth-order valence-corrected chi connectivity index (χ4v) is 2.41. The highest BCUT2D eigenvalue weighted by atomic mass is 35.5. The lowest BCUT2D eigenvalue weighted by Gasteiger charge is -2.31. The minimum atomic E-state index is 0.00835. The van der Waals surface area contributed by atoms with Crippen molar-refractivity contribution in [3.05, 3.63) is 28.8 Å². The second-order valence-corrected chi connectivity index (χ2v) is 5.51. The molecule has 5 heteroatoms. The van der Waals surface area contributed by atoms with Gasteiger partial charge in [-0.1, -0.05) is 17.7 Å². The standard InChI is InChI=1S/C14H20ClN3O/c1-10-3-4-12(7-13(10)15)17-14(19)9-18-6-5-16-11(2)8-18/h3-4,7,11,16H,5-6,8-9H2,1-2H3,(H,17,19). The van der Waals surface area contributed by atoms with E-state index in [1.165, 1.54) is 0 Å². The van der Waals surface area contributed by atoms with Gasteiger partial charge in [-0.2, -0.15) is 0 Å². The first-order valence-corrected chi connectivity index (χ1v) is 6.94. The van der Waals surface area contributed by atoms with E-state index < -0.39 is 0 Å². The lowest BCUT2D eigenvalue weighted by Crippen LogP contribution is -2.51. The Morgan fingerprint density at radius 1 is 1.58 bits per heavy atom. The van der Waals surface area contributed by atoms with Gasteiger partial charge in [0.05, 0.1) is 6.54 Å². The molecule has 0 aromatic heterocycles. The van der Waals surface area contributed by atoms with E-state index in [1.807, 2.05) is 19.1 Å². The van der Waals surface area contributed by atoms with Crippen molar-refractivity contribution in [3.8, 4) is 0 Å². The van der Waals surface area contributed by atoms with E-state index in [2.05, 4.69) is 22.5 Å². The number of carbonyl (C=O) groups excluding carboxylic acids is 1. The summed E-state index contributed by atoms with van der Waals surface area (Å²) in [4.78, 5) is 14.1. The number of benzene rings is 1. The zero-order chi connectivity index (χ0) is 13.8. The summed E-state index contributed by atoms with van der Waals surface area (Å²) in [5.41, 5.74) is 1.76. The first-order valence-electron chi connectivity index (χ1n) is 6.56. The number of halogens is 1. The minimum Gasteiger partial charge on any atom is -0.325 e. The highest BCUT2D eigenvalue weighted by molar-refractivity contribution is 6.31. The minimum absolute atomic E-state index is 0.00835. The van der Waals surface area contributed by atoms with Crippen LogP contribution in [0.5, 0.6) is 0 Å². The zero-order valence-corrected chi connectivity index (χ0v) is 12.1. The summed E-state index contributed by atoms with van der Waals surface area (Å²) in [6, 6.07) is 6.01. The van der Waals surface area contributed by atoms with E-state index in [9.17, 15) is 4.79 Å². The molecule has 104 valence electrons. The molecule has 1 aromatic rings. The molecule has 0 saturated carbocycles. The molecule has 4 nitrogen and oxygen atoms in total. The maximum atomic E-state index is 12.0. The fraction of sp³-hybridized carbons (Fsp3) is 0.500. The summed E-state index contributed by atoms with van der Waals surface area (Å²) in [7, 11) is 0. The second kappa shape index (κ2) is 6.37. The van der Waals surface area contributed by atoms with Gasteiger partial charge in [0, 0.05) is 36.4 Å². The molecule has 1 aliphatic rings. The van der Waals surface area contributed by atoms with Crippen LogP contribution in [0.4, 0.5) is 5.69 Å². The van der Waals surface area contributed by atoms with Gasteiger partial charge in [-0.25, -0.2) is 0 Å². The monoisotopic (exact) mass is 281 g/mol. The summed E-state index contributed by atoms with van der Waals surface area (Å²) >= 11 is 6.04. The van der Waals surface area contributed by atoms with Crippen LogP contribution in [0.3, 0.4) is 0 Å². The van der Waals surface area contributed by atoms with Gasteiger partial charge in [-0.05, 0) is 31.5 Å². The van der Waals surface area contributed by atoms with Gasteiger partial charge in [-0.3, -0.25) is 9.69 Å². The van der Waals surface area contributed by atoms with E-state index in [0.29, 0.717) is 17.6 Å². The van der Waals surface area contributed by atoms with Crippen molar-refractivity contribution in [1.29, 1.82) is 0 Å². The molecule has 1 fully saturated rings. The topological polar surface area (TPSA) is 44.4 Å². The number of rotatable bonds is 3. The molecule has 2 N–H and O–H groups in total. The molecular formula is C14H20ClN3O. The van der Waals surface area contributed by atoms with Gasteiger partial charge >= 0.3 is 0 Å². The number of amides is 1. The van der Waals surface area contributed by atoms with E-state index in [1.54, 1.807) is 6.07 Å². The van der Waals surface area contributed by atoms with Crippen molar-refractivity contribution in [2.75, 3.05) is 31.5 Å². The number of nitrogens with zero attached hydrogens (tertiary/aromatic N) is 1. The molecule has 1 unspecified atom stereocenters. The Kier molecular flexibility index (Phi) is 4.80. The normalized spacial score (nSPS) is 20.3. The molecule has 1 atom stereocenters. The van der Waals surface area contributed by atoms with Gasteiger partial charge in [0.2, 0.25) is 5.91 Å². The van der Waals surface area contributed by atoms with Gasteiger partial charge in [-0.15, -0.1) is 0 Å². The predicted octanol–water partition coefficient (Wildman–Crippen LogP) is 1.88. The Bertz CT molecular complexity index is 464. The maximum absolute atomic E-state index is 12.0. The Hall–Kier alpha value is -1.10. The lowest BCUT2D eigenvalue weighted by atomic mass is 10.2. The first-order chi connectivity index (χ1) is 9.04. The summed E-state index contributed by atoms with van der Waals surface area (Å²) in [5.74, 6) is 0.00835. The Morgan fingerprint density at radius 3 is 3.05 bits per heavy atom. The van der Waals surface area contributed by atoms with Crippen molar-refractivity contribution < 1.29 is 4.79 Å². The molecule has 0 spiro atoms. The summed E-state index contributed by atoms with van der Waals surface area (Å²) in [6.45, 7) is 7.25. The number of piperazine rings is 1. The second-order valence-electron chi connectivity index (χ2n) is 5.10. The molecule has 2 rings (SSSR count). The van der Waals surface area contributed by atoms with Crippen LogP contribution >= 0.6 is 11.6 Å². The highest BCUT2D eigenvalue weighted by Gasteiger charge is 2.17. The molecule has 0 radical (unpaired) electrons. The maximum Gasteiger partial charge on any atom is 0.238 e. The lowest BCUT2D eigenvalue weighted by molar-refractivity contribution is -0.117. The Morgan fingerprint density at radius 2 is 2.37 bits per heavy atom. The van der Waals surface area contributed by atoms with Crippen LogP contribution in [0.2, 0.25) is 5.02 Å². The van der Waals surface area contributed by atoms with E-state index in [0.717, 1.165) is 30.9 Å². The van der Waals surface area contributed by atoms with E-state index in [-0.39, 0.29) is 5.91 Å². The quantitative estimate of drug-likeness (QED) is 0.889. The van der Waals surface area contributed by atoms with Crippen LogP contribution in [0, 0.1) is 6.92 Å². The van der Waals surface area contributed by atoms with Gasteiger partial charge < -0.3 is 10.6 Å². The van der Waals surface area contributed by atoms with Crippen molar-refractivity contribution in [2.24, 2.45) is 0 Å². The summed E-state index contributed by atoms with van der Waals surface area (Å²) in [6.07, 6.45) is 0. The first kappa shape index (κ1) is 14.3. The molecule has 1 saturated heterocycles.